The molecule has 0 N–H and O–H groups in total. The van der Waals surface area contributed by atoms with Gasteiger partial charge in [-0.2, -0.15) is 0 Å². The molecule has 0 unspecified atom stereocenters. The molecule has 5 nitrogen and oxygen atoms in total. The monoisotopic (exact) mass is 244 g/mol. The van der Waals surface area contributed by atoms with Crippen molar-refractivity contribution >= 4 is 22.9 Å². The van der Waals surface area contributed by atoms with Crippen molar-refractivity contribution in [3.8, 4) is 0 Å². The number of likely N-dealkylation sites (tertiary alicyclic amines) is 1. The highest BCUT2D eigenvalue weighted by atomic mass is 32.2. The predicted molar refractivity (Wildman–Crippen MR) is 61.4 cm³/mol. The number of urea groups is 1. The smallest absolute Gasteiger partial charge is 0.320 e. The van der Waals surface area contributed by atoms with Gasteiger partial charge in [-0.25, -0.2) is 4.79 Å². The van der Waals surface area contributed by atoms with E-state index >= 15 is 0 Å². The second kappa shape index (κ2) is 5.05. The summed E-state index contributed by atoms with van der Waals surface area (Å²) in [5.41, 5.74) is 0. The van der Waals surface area contributed by atoms with Gasteiger partial charge in [-0.1, -0.05) is 11.8 Å². The minimum Gasteiger partial charge on any atom is -0.378 e. The highest BCUT2D eigenvalue weighted by Crippen LogP contribution is 2.23. The summed E-state index contributed by atoms with van der Waals surface area (Å²) < 4.78 is 5.19. The van der Waals surface area contributed by atoms with Gasteiger partial charge in [-0.3, -0.25) is 4.79 Å². The lowest BCUT2D eigenvalue weighted by atomic mass is 10.2. The number of carbonyl (C=O) groups is 2. The average Bonchev–Trinajstić information content (AvgIpc) is 2.23. The Morgan fingerprint density at radius 3 is 2.38 bits per heavy atom. The average molecular weight is 244 g/mol. The maximum absolute atomic E-state index is 11.9. The van der Waals surface area contributed by atoms with E-state index in [1.807, 2.05) is 4.90 Å². The lowest BCUT2D eigenvalue weighted by molar-refractivity contribution is -0.109. The van der Waals surface area contributed by atoms with Crippen molar-refractivity contribution in [1.29, 1.82) is 0 Å². The van der Waals surface area contributed by atoms with E-state index in [1.165, 1.54) is 11.8 Å². The van der Waals surface area contributed by atoms with Gasteiger partial charge >= 0.3 is 6.03 Å². The molecule has 2 fully saturated rings. The molecule has 2 aliphatic heterocycles. The Morgan fingerprint density at radius 2 is 1.81 bits per heavy atom. The number of rotatable bonds is 1. The van der Waals surface area contributed by atoms with Gasteiger partial charge in [0.2, 0.25) is 0 Å². The van der Waals surface area contributed by atoms with Crippen LogP contribution in [0.15, 0.2) is 0 Å². The fourth-order valence-corrected chi connectivity index (χ4v) is 2.84. The highest BCUT2D eigenvalue weighted by Gasteiger charge is 2.34. The Balaban J connectivity index is 1.74. The lowest BCUT2D eigenvalue weighted by Crippen LogP contribution is -2.58. The lowest BCUT2D eigenvalue weighted by Gasteiger charge is -2.41. The molecule has 2 rings (SSSR count). The van der Waals surface area contributed by atoms with Crippen LogP contribution in [0.5, 0.6) is 0 Å². The molecule has 0 aromatic carbocycles. The molecular weight excluding hydrogens is 228 g/mol. The van der Waals surface area contributed by atoms with Crippen LogP contribution in [0.25, 0.3) is 0 Å². The summed E-state index contributed by atoms with van der Waals surface area (Å²) in [6.45, 7) is 5.58. The minimum atomic E-state index is 0.0868. The number of morpholine rings is 1. The fourth-order valence-electron chi connectivity index (χ4n) is 1.86. The molecule has 0 radical (unpaired) electrons. The van der Waals surface area contributed by atoms with Crippen molar-refractivity contribution < 1.29 is 14.3 Å². The summed E-state index contributed by atoms with van der Waals surface area (Å²) in [4.78, 5) is 26.4. The van der Waals surface area contributed by atoms with E-state index in [1.54, 1.807) is 11.8 Å². The second-order valence-corrected chi connectivity index (χ2v) is 5.50. The van der Waals surface area contributed by atoms with E-state index < -0.39 is 0 Å². The topological polar surface area (TPSA) is 49.9 Å². The third-order valence-electron chi connectivity index (χ3n) is 2.73. The van der Waals surface area contributed by atoms with Crippen molar-refractivity contribution in [3.05, 3.63) is 0 Å². The first-order chi connectivity index (χ1) is 7.66. The fraction of sp³-hybridized carbons (Fsp3) is 0.800. The van der Waals surface area contributed by atoms with Crippen molar-refractivity contribution in [2.75, 3.05) is 39.4 Å². The third-order valence-corrected chi connectivity index (χ3v) is 3.70. The maximum Gasteiger partial charge on any atom is 0.320 e. The number of thioether (sulfide) groups is 1. The van der Waals surface area contributed by atoms with Crippen molar-refractivity contribution in [2.24, 2.45) is 0 Å². The van der Waals surface area contributed by atoms with Crippen LogP contribution < -0.4 is 0 Å². The van der Waals surface area contributed by atoms with Crippen LogP contribution in [0.3, 0.4) is 0 Å². The molecule has 2 amide bonds. The van der Waals surface area contributed by atoms with Crippen LogP contribution in [-0.2, 0) is 9.53 Å². The van der Waals surface area contributed by atoms with E-state index in [4.69, 9.17) is 4.74 Å². The van der Waals surface area contributed by atoms with Crippen LogP contribution in [0.2, 0.25) is 0 Å². The number of ether oxygens (including phenoxy) is 1. The molecule has 0 spiro atoms. The Labute approximate surface area is 99.1 Å². The number of nitrogens with zero attached hydrogens (tertiary/aromatic N) is 2. The molecule has 6 heteroatoms. The number of hydrogen-bond donors (Lipinski definition) is 0. The first kappa shape index (κ1) is 11.7. The molecule has 2 saturated heterocycles. The minimum absolute atomic E-state index is 0.0868. The van der Waals surface area contributed by atoms with Crippen LogP contribution in [-0.4, -0.2) is 65.6 Å². The van der Waals surface area contributed by atoms with Gasteiger partial charge in [-0.05, 0) is 0 Å². The summed E-state index contributed by atoms with van der Waals surface area (Å²) in [6, 6.07) is 0.0868. The molecule has 0 aliphatic carbocycles. The van der Waals surface area contributed by atoms with Crippen molar-refractivity contribution in [1.82, 2.24) is 9.80 Å². The standard InChI is InChI=1S/C10H16N2O3S/c1-8(13)16-9-6-12(7-9)10(14)11-2-4-15-5-3-11/h9H,2-7H2,1H3. The van der Waals surface area contributed by atoms with E-state index in [9.17, 15) is 9.59 Å². The summed E-state index contributed by atoms with van der Waals surface area (Å²) in [5.74, 6) is 0. The molecule has 2 aliphatic rings. The van der Waals surface area contributed by atoms with Gasteiger partial charge in [0.05, 0.1) is 13.2 Å². The van der Waals surface area contributed by atoms with Gasteiger partial charge in [0, 0.05) is 38.4 Å². The SMILES string of the molecule is CC(=O)SC1CN(C(=O)N2CCOCC2)C1. The van der Waals surface area contributed by atoms with Crippen LogP contribution in [0.4, 0.5) is 4.79 Å². The van der Waals surface area contributed by atoms with E-state index in [2.05, 4.69) is 0 Å². The number of amides is 2. The highest BCUT2D eigenvalue weighted by molar-refractivity contribution is 8.14. The molecule has 90 valence electrons. The molecule has 0 atom stereocenters. The largest absolute Gasteiger partial charge is 0.378 e. The van der Waals surface area contributed by atoms with Gasteiger partial charge in [0.25, 0.3) is 0 Å². The molecule has 0 aromatic rings. The van der Waals surface area contributed by atoms with Crippen molar-refractivity contribution in [3.63, 3.8) is 0 Å². The van der Waals surface area contributed by atoms with E-state index in [-0.39, 0.29) is 11.1 Å². The first-order valence-electron chi connectivity index (χ1n) is 5.45. The quantitative estimate of drug-likeness (QED) is 0.670. The Hall–Kier alpha value is -0.750. The van der Waals surface area contributed by atoms with Gasteiger partial charge in [0.1, 0.15) is 0 Å². The third kappa shape index (κ3) is 2.68. The molecular formula is C10H16N2O3S. The van der Waals surface area contributed by atoms with Crippen LogP contribution in [0.1, 0.15) is 6.92 Å². The number of carbonyl (C=O) groups excluding carboxylic acids is 2. The van der Waals surface area contributed by atoms with Gasteiger partial charge in [0.15, 0.2) is 5.12 Å². The molecule has 0 saturated carbocycles. The summed E-state index contributed by atoms with van der Waals surface area (Å²) in [7, 11) is 0. The summed E-state index contributed by atoms with van der Waals surface area (Å²) in [6.07, 6.45) is 0. The summed E-state index contributed by atoms with van der Waals surface area (Å²) >= 11 is 1.33. The molecule has 16 heavy (non-hydrogen) atoms. The molecule has 0 aromatic heterocycles. The van der Waals surface area contributed by atoms with Gasteiger partial charge < -0.3 is 14.5 Å². The molecule has 2 heterocycles. The van der Waals surface area contributed by atoms with E-state index in [0.717, 1.165) is 0 Å². The second-order valence-electron chi connectivity index (χ2n) is 4.02. The Bertz CT molecular complexity index is 286. The predicted octanol–water partition coefficient (Wildman–Crippen LogP) is 0.403. The summed E-state index contributed by atoms with van der Waals surface area (Å²) in [5, 5.41) is 0.422. The maximum atomic E-state index is 11.9. The van der Waals surface area contributed by atoms with Crippen molar-refractivity contribution in [2.45, 2.75) is 12.2 Å². The Kier molecular flexibility index (Phi) is 3.70. The number of hydrogen-bond acceptors (Lipinski definition) is 4. The van der Waals surface area contributed by atoms with Gasteiger partial charge in [-0.15, -0.1) is 0 Å². The zero-order chi connectivity index (χ0) is 11.5. The Morgan fingerprint density at radius 1 is 1.19 bits per heavy atom. The van der Waals surface area contributed by atoms with E-state index in [0.29, 0.717) is 44.6 Å². The first-order valence-corrected chi connectivity index (χ1v) is 6.33. The zero-order valence-corrected chi connectivity index (χ0v) is 10.2. The van der Waals surface area contributed by atoms with Crippen LogP contribution in [0, 0.1) is 0 Å². The molecule has 0 bridgehead atoms. The van der Waals surface area contributed by atoms with Crippen LogP contribution >= 0.6 is 11.8 Å². The zero-order valence-electron chi connectivity index (χ0n) is 9.35. The normalized spacial score (nSPS) is 21.8.